The summed E-state index contributed by atoms with van der Waals surface area (Å²) in [7, 11) is 2.13. The molecule has 1 heterocycles. The summed E-state index contributed by atoms with van der Waals surface area (Å²) in [4.78, 5) is 6.88. The van der Waals surface area contributed by atoms with Crippen molar-refractivity contribution in [3.05, 3.63) is 65.5 Å². The Morgan fingerprint density at radius 1 is 1.10 bits per heavy atom. The zero-order valence-electron chi connectivity index (χ0n) is 13.2. The number of pyridine rings is 1. The van der Waals surface area contributed by atoms with Crippen LogP contribution in [0.25, 0.3) is 0 Å². The van der Waals surface area contributed by atoms with Crippen molar-refractivity contribution in [2.75, 3.05) is 13.6 Å². The highest BCUT2D eigenvalue weighted by Crippen LogP contribution is 2.22. The lowest BCUT2D eigenvalue weighted by molar-refractivity contribution is 0.210. The third-order valence-electron chi connectivity index (χ3n) is 4.07. The molecule has 0 aliphatic rings. The molecule has 2 N–H and O–H groups in total. The molecule has 0 saturated carbocycles. The van der Waals surface area contributed by atoms with Crippen molar-refractivity contribution < 1.29 is 0 Å². The first-order valence-corrected chi connectivity index (χ1v) is 7.49. The zero-order valence-corrected chi connectivity index (χ0v) is 13.2. The van der Waals surface area contributed by atoms with E-state index in [1.165, 1.54) is 5.56 Å². The Morgan fingerprint density at radius 3 is 2.43 bits per heavy atom. The van der Waals surface area contributed by atoms with Crippen LogP contribution in [0.4, 0.5) is 0 Å². The van der Waals surface area contributed by atoms with Gasteiger partial charge in [-0.05, 0) is 37.6 Å². The summed E-state index contributed by atoms with van der Waals surface area (Å²) in [6.45, 7) is 5.72. The summed E-state index contributed by atoms with van der Waals surface area (Å²) in [6.07, 6.45) is 0. The minimum Gasteiger partial charge on any atom is -0.329 e. The molecule has 0 fully saturated rings. The third-order valence-corrected chi connectivity index (χ3v) is 4.07. The SMILES string of the molecule is Cc1cccc(CN(C)C(CN)C(C)c2ccccc2)n1. The van der Waals surface area contributed by atoms with Gasteiger partial charge in [-0.25, -0.2) is 0 Å². The van der Waals surface area contributed by atoms with Gasteiger partial charge in [0.15, 0.2) is 0 Å². The van der Waals surface area contributed by atoms with E-state index in [2.05, 4.69) is 60.3 Å². The molecule has 0 aliphatic carbocycles. The molecule has 0 radical (unpaired) electrons. The van der Waals surface area contributed by atoms with Gasteiger partial charge < -0.3 is 5.73 Å². The molecule has 2 rings (SSSR count). The average Bonchev–Trinajstić information content (AvgIpc) is 2.48. The number of aromatic nitrogens is 1. The van der Waals surface area contributed by atoms with E-state index in [1.807, 2.05) is 19.1 Å². The lowest BCUT2D eigenvalue weighted by Gasteiger charge is -2.32. The van der Waals surface area contributed by atoms with Gasteiger partial charge in [-0.1, -0.05) is 43.3 Å². The van der Waals surface area contributed by atoms with E-state index in [4.69, 9.17) is 5.73 Å². The van der Waals surface area contributed by atoms with Crippen LogP contribution >= 0.6 is 0 Å². The Hall–Kier alpha value is -1.71. The Kier molecular flexibility index (Phi) is 5.48. The largest absolute Gasteiger partial charge is 0.329 e. The van der Waals surface area contributed by atoms with Gasteiger partial charge in [0.2, 0.25) is 0 Å². The van der Waals surface area contributed by atoms with Crippen molar-refractivity contribution in [2.24, 2.45) is 5.73 Å². The molecule has 0 amide bonds. The van der Waals surface area contributed by atoms with E-state index in [1.54, 1.807) is 0 Å². The number of nitrogens with zero attached hydrogens (tertiary/aromatic N) is 2. The summed E-state index contributed by atoms with van der Waals surface area (Å²) in [5, 5.41) is 0. The molecular formula is C18H25N3. The van der Waals surface area contributed by atoms with Crippen LogP contribution in [0.15, 0.2) is 48.5 Å². The van der Waals surface area contributed by atoms with Gasteiger partial charge in [-0.2, -0.15) is 0 Å². The molecule has 1 aromatic carbocycles. The van der Waals surface area contributed by atoms with Gasteiger partial charge in [0, 0.05) is 24.8 Å². The van der Waals surface area contributed by atoms with Crippen LogP contribution in [0.2, 0.25) is 0 Å². The summed E-state index contributed by atoms with van der Waals surface area (Å²) in [6, 6.07) is 17.0. The standard InChI is InChI=1S/C18H25N3/c1-14-8-7-11-17(20-14)13-21(3)18(12-19)15(2)16-9-5-4-6-10-16/h4-11,15,18H,12-13,19H2,1-3H3. The van der Waals surface area contributed by atoms with Crippen molar-refractivity contribution in [3.63, 3.8) is 0 Å². The van der Waals surface area contributed by atoms with E-state index >= 15 is 0 Å². The molecule has 21 heavy (non-hydrogen) atoms. The predicted molar refractivity (Wildman–Crippen MR) is 88.1 cm³/mol. The first-order chi connectivity index (χ1) is 10.1. The topological polar surface area (TPSA) is 42.1 Å². The molecule has 3 nitrogen and oxygen atoms in total. The molecule has 112 valence electrons. The van der Waals surface area contributed by atoms with Gasteiger partial charge in [0.1, 0.15) is 0 Å². The monoisotopic (exact) mass is 283 g/mol. The smallest absolute Gasteiger partial charge is 0.0547 e. The van der Waals surface area contributed by atoms with E-state index in [0.717, 1.165) is 17.9 Å². The number of likely N-dealkylation sites (N-methyl/N-ethyl adjacent to an activating group) is 1. The van der Waals surface area contributed by atoms with Crippen molar-refractivity contribution in [3.8, 4) is 0 Å². The molecule has 3 heteroatoms. The van der Waals surface area contributed by atoms with Crippen LogP contribution in [0, 0.1) is 6.92 Å². The molecule has 0 aliphatic heterocycles. The van der Waals surface area contributed by atoms with Crippen molar-refractivity contribution in [2.45, 2.75) is 32.4 Å². The minimum atomic E-state index is 0.301. The second-order valence-corrected chi connectivity index (χ2v) is 5.69. The predicted octanol–water partition coefficient (Wildman–Crippen LogP) is 2.95. The van der Waals surface area contributed by atoms with Crippen LogP contribution in [-0.4, -0.2) is 29.5 Å². The molecule has 2 atom stereocenters. The molecule has 0 spiro atoms. The molecule has 2 unspecified atom stereocenters. The number of aryl methyl sites for hydroxylation is 1. The maximum Gasteiger partial charge on any atom is 0.0547 e. The maximum absolute atomic E-state index is 6.03. The van der Waals surface area contributed by atoms with E-state index in [-0.39, 0.29) is 0 Å². The molecule has 2 aromatic rings. The molecular weight excluding hydrogens is 258 g/mol. The lowest BCUT2D eigenvalue weighted by atomic mass is 9.92. The van der Waals surface area contributed by atoms with Gasteiger partial charge >= 0.3 is 0 Å². The fourth-order valence-electron chi connectivity index (χ4n) is 2.80. The normalized spacial score (nSPS) is 14.1. The van der Waals surface area contributed by atoms with Gasteiger partial charge in [-0.3, -0.25) is 9.88 Å². The third kappa shape index (κ3) is 4.13. The Balaban J connectivity index is 2.09. The first-order valence-electron chi connectivity index (χ1n) is 7.49. The van der Waals surface area contributed by atoms with Gasteiger partial charge in [-0.15, -0.1) is 0 Å². The maximum atomic E-state index is 6.03. The highest BCUT2D eigenvalue weighted by molar-refractivity contribution is 5.21. The second kappa shape index (κ2) is 7.34. The number of rotatable bonds is 6. The number of hydrogen-bond acceptors (Lipinski definition) is 3. The van der Waals surface area contributed by atoms with Crippen molar-refractivity contribution in [1.29, 1.82) is 0 Å². The van der Waals surface area contributed by atoms with Crippen LogP contribution < -0.4 is 5.73 Å². The summed E-state index contributed by atoms with van der Waals surface area (Å²) < 4.78 is 0. The lowest BCUT2D eigenvalue weighted by Crippen LogP contribution is -2.41. The molecule has 0 saturated heterocycles. The zero-order chi connectivity index (χ0) is 15.2. The number of benzene rings is 1. The number of nitrogens with two attached hydrogens (primary N) is 1. The summed E-state index contributed by atoms with van der Waals surface area (Å²) in [5.41, 5.74) is 9.51. The van der Waals surface area contributed by atoms with E-state index in [0.29, 0.717) is 18.5 Å². The highest BCUT2D eigenvalue weighted by atomic mass is 15.1. The Bertz CT molecular complexity index is 553. The first kappa shape index (κ1) is 15.7. The van der Waals surface area contributed by atoms with Crippen molar-refractivity contribution >= 4 is 0 Å². The van der Waals surface area contributed by atoms with Crippen molar-refractivity contribution in [1.82, 2.24) is 9.88 Å². The van der Waals surface area contributed by atoms with Gasteiger partial charge in [0.05, 0.1) is 5.69 Å². The molecule has 0 bridgehead atoms. The van der Waals surface area contributed by atoms with E-state index < -0.39 is 0 Å². The van der Waals surface area contributed by atoms with E-state index in [9.17, 15) is 0 Å². The average molecular weight is 283 g/mol. The summed E-state index contributed by atoms with van der Waals surface area (Å²) in [5.74, 6) is 0.394. The van der Waals surface area contributed by atoms with Crippen LogP contribution in [0.1, 0.15) is 29.8 Å². The number of hydrogen-bond donors (Lipinski definition) is 1. The Morgan fingerprint density at radius 2 is 1.81 bits per heavy atom. The van der Waals surface area contributed by atoms with Crippen LogP contribution in [-0.2, 0) is 6.54 Å². The van der Waals surface area contributed by atoms with Crippen LogP contribution in [0.5, 0.6) is 0 Å². The van der Waals surface area contributed by atoms with Gasteiger partial charge in [0.25, 0.3) is 0 Å². The highest BCUT2D eigenvalue weighted by Gasteiger charge is 2.22. The molecule has 1 aromatic heterocycles. The fraction of sp³-hybridized carbons (Fsp3) is 0.389. The Labute approximate surface area is 127 Å². The quantitative estimate of drug-likeness (QED) is 0.886. The second-order valence-electron chi connectivity index (χ2n) is 5.69. The fourth-order valence-corrected chi connectivity index (χ4v) is 2.80. The van der Waals surface area contributed by atoms with Crippen LogP contribution in [0.3, 0.4) is 0 Å². The minimum absolute atomic E-state index is 0.301. The summed E-state index contributed by atoms with van der Waals surface area (Å²) >= 11 is 0.